The van der Waals surface area contributed by atoms with Crippen LogP contribution >= 0.6 is 11.6 Å². The van der Waals surface area contributed by atoms with E-state index >= 15 is 0 Å². The molecule has 0 spiro atoms. The highest BCUT2D eigenvalue weighted by atomic mass is 35.5. The summed E-state index contributed by atoms with van der Waals surface area (Å²) >= 11 is 6.05. The van der Waals surface area contributed by atoms with Gasteiger partial charge in [0.1, 0.15) is 5.41 Å². The lowest BCUT2D eigenvalue weighted by molar-refractivity contribution is -0.159. The molecule has 0 N–H and O–H groups in total. The number of carbonyl (C=O) groups excluding carboxylic acids is 3. The van der Waals surface area contributed by atoms with E-state index in [0.29, 0.717) is 24.7 Å². The van der Waals surface area contributed by atoms with E-state index in [4.69, 9.17) is 11.6 Å². The molecule has 4 heterocycles. The third kappa shape index (κ3) is 3.65. The van der Waals surface area contributed by atoms with E-state index in [1.807, 2.05) is 22.8 Å². The standard InChI is InChI=1S/C25H27ClN4O4/c1-27-22(32)25(23(33)28(2)24(27)34,11-16-6-8-19(26)9-7-16)15-29-12-17-10-18(14-29)20-4-3-5-21(31)30(20)13-17/h3-9,17-18H,10-15H2,1-2H3/t17-,18-/m1/s1. The van der Waals surface area contributed by atoms with Gasteiger partial charge in [0.15, 0.2) is 0 Å². The Hall–Kier alpha value is -2.97. The molecular weight excluding hydrogens is 456 g/mol. The van der Waals surface area contributed by atoms with Gasteiger partial charge in [0.05, 0.1) is 0 Å². The van der Waals surface area contributed by atoms with Crippen LogP contribution in [0.1, 0.15) is 23.6 Å². The van der Waals surface area contributed by atoms with E-state index in [9.17, 15) is 19.2 Å². The van der Waals surface area contributed by atoms with Crippen LogP contribution in [0.5, 0.6) is 0 Å². The molecule has 2 aromatic rings. The summed E-state index contributed by atoms with van der Waals surface area (Å²) in [6.07, 6.45) is 1.15. The van der Waals surface area contributed by atoms with Crippen LogP contribution in [-0.2, 0) is 22.6 Å². The lowest BCUT2D eigenvalue weighted by atomic mass is 9.75. The monoisotopic (exact) mass is 482 g/mol. The number of imide groups is 2. The number of urea groups is 1. The molecule has 2 bridgehead atoms. The van der Waals surface area contributed by atoms with Crippen LogP contribution in [0.25, 0.3) is 0 Å². The van der Waals surface area contributed by atoms with Crippen LogP contribution < -0.4 is 5.56 Å². The fourth-order valence-corrected chi connectivity index (χ4v) is 6.06. The van der Waals surface area contributed by atoms with Crippen molar-refractivity contribution in [2.45, 2.75) is 25.3 Å². The van der Waals surface area contributed by atoms with Gasteiger partial charge in [-0.05, 0) is 42.5 Å². The lowest BCUT2D eigenvalue weighted by Crippen LogP contribution is -2.67. The summed E-state index contributed by atoms with van der Waals surface area (Å²) in [4.78, 5) is 56.4. The number of halogens is 1. The highest BCUT2D eigenvalue weighted by molar-refractivity contribution is 6.30. The Balaban J connectivity index is 1.50. The second kappa shape index (κ2) is 8.36. The Kier molecular flexibility index (Phi) is 5.61. The van der Waals surface area contributed by atoms with Crippen LogP contribution in [0.15, 0.2) is 47.3 Å². The fourth-order valence-electron chi connectivity index (χ4n) is 5.93. The predicted octanol–water partition coefficient (Wildman–Crippen LogP) is 2.20. The largest absolute Gasteiger partial charge is 0.332 e. The predicted molar refractivity (Wildman–Crippen MR) is 127 cm³/mol. The third-order valence-corrected chi connectivity index (χ3v) is 7.72. The van der Waals surface area contributed by atoms with Crippen molar-refractivity contribution in [3.63, 3.8) is 0 Å². The zero-order valence-corrected chi connectivity index (χ0v) is 20.0. The van der Waals surface area contributed by atoms with Gasteiger partial charge in [0.2, 0.25) is 11.8 Å². The first-order valence-corrected chi connectivity index (χ1v) is 11.8. The molecule has 178 valence electrons. The molecule has 0 radical (unpaired) electrons. The Labute approximate surface area is 202 Å². The number of fused-ring (bicyclic) bond motifs is 4. The second-order valence-corrected chi connectivity index (χ2v) is 10.2. The van der Waals surface area contributed by atoms with Crippen molar-refractivity contribution >= 4 is 29.4 Å². The first-order chi connectivity index (χ1) is 16.2. The molecule has 2 saturated heterocycles. The van der Waals surface area contributed by atoms with E-state index in [0.717, 1.165) is 27.5 Å². The molecule has 0 aliphatic carbocycles. The van der Waals surface area contributed by atoms with Gasteiger partial charge in [0, 0.05) is 63.0 Å². The van der Waals surface area contributed by atoms with Gasteiger partial charge in [-0.2, -0.15) is 0 Å². The molecular formula is C25H27ClN4O4. The number of piperidine rings is 1. The first kappa shape index (κ1) is 22.8. The first-order valence-electron chi connectivity index (χ1n) is 11.5. The van der Waals surface area contributed by atoms with Crippen LogP contribution in [0.2, 0.25) is 5.02 Å². The second-order valence-electron chi connectivity index (χ2n) is 9.79. The third-order valence-electron chi connectivity index (χ3n) is 7.47. The number of hydrogen-bond acceptors (Lipinski definition) is 5. The summed E-state index contributed by atoms with van der Waals surface area (Å²) in [6.45, 7) is 2.16. The van der Waals surface area contributed by atoms with Crippen molar-refractivity contribution < 1.29 is 14.4 Å². The molecule has 9 heteroatoms. The average Bonchev–Trinajstić information content (AvgIpc) is 2.82. The minimum atomic E-state index is -1.42. The Morgan fingerprint density at radius 1 is 0.912 bits per heavy atom. The van der Waals surface area contributed by atoms with Crippen molar-refractivity contribution in [3.05, 3.63) is 69.1 Å². The number of carbonyl (C=O) groups is 3. The van der Waals surface area contributed by atoms with Crippen LogP contribution in [0.3, 0.4) is 0 Å². The highest BCUT2D eigenvalue weighted by Crippen LogP contribution is 2.39. The van der Waals surface area contributed by atoms with E-state index < -0.39 is 23.3 Å². The Bertz CT molecular complexity index is 1200. The van der Waals surface area contributed by atoms with Gasteiger partial charge in [-0.3, -0.25) is 24.2 Å². The maximum Gasteiger partial charge on any atom is 0.332 e. The van der Waals surface area contributed by atoms with E-state index in [2.05, 4.69) is 4.90 Å². The Morgan fingerprint density at radius 2 is 1.59 bits per heavy atom. The van der Waals surface area contributed by atoms with Crippen molar-refractivity contribution in [1.82, 2.24) is 19.3 Å². The normalized spacial score (nSPS) is 24.4. The zero-order chi connectivity index (χ0) is 24.2. The number of benzene rings is 1. The lowest BCUT2D eigenvalue weighted by Gasteiger charge is -2.48. The molecule has 8 nitrogen and oxygen atoms in total. The number of nitrogens with zero attached hydrogens (tertiary/aromatic N) is 4. The van der Waals surface area contributed by atoms with Crippen molar-refractivity contribution in [2.24, 2.45) is 11.3 Å². The number of pyridine rings is 1. The van der Waals surface area contributed by atoms with E-state index in [-0.39, 0.29) is 30.4 Å². The van der Waals surface area contributed by atoms with Gasteiger partial charge in [-0.1, -0.05) is 29.8 Å². The minimum Gasteiger partial charge on any atom is -0.312 e. The zero-order valence-electron chi connectivity index (χ0n) is 19.2. The molecule has 0 saturated carbocycles. The fraction of sp³-hybridized carbons (Fsp3) is 0.440. The molecule has 1 aromatic carbocycles. The van der Waals surface area contributed by atoms with Crippen LogP contribution in [0, 0.1) is 11.3 Å². The summed E-state index contributed by atoms with van der Waals surface area (Å²) < 4.78 is 1.86. The smallest absolute Gasteiger partial charge is 0.312 e. The number of likely N-dealkylation sites (tertiary alicyclic amines) is 1. The van der Waals surface area contributed by atoms with Crippen molar-refractivity contribution in [2.75, 3.05) is 33.7 Å². The van der Waals surface area contributed by atoms with Crippen LogP contribution in [0.4, 0.5) is 4.79 Å². The SMILES string of the molecule is CN1C(=O)N(C)C(=O)C(Cc2ccc(Cl)cc2)(CN2C[C@H]3C[C@H](C2)c2cccc(=O)n2C3)C1=O. The summed E-state index contributed by atoms with van der Waals surface area (Å²) in [7, 11) is 2.86. The molecule has 5 rings (SSSR count). The molecule has 4 amide bonds. The summed E-state index contributed by atoms with van der Waals surface area (Å²) in [5, 5.41) is 0.571. The molecule has 1 aromatic heterocycles. The minimum absolute atomic E-state index is 0.0132. The molecule has 3 aliphatic heterocycles. The molecule has 3 aliphatic rings. The topological polar surface area (TPSA) is 82.9 Å². The summed E-state index contributed by atoms with van der Waals surface area (Å²) in [6, 6.07) is 11.9. The molecule has 0 unspecified atom stereocenters. The number of hydrogen-bond donors (Lipinski definition) is 0. The van der Waals surface area contributed by atoms with E-state index in [1.54, 1.807) is 24.3 Å². The summed E-state index contributed by atoms with van der Waals surface area (Å²) in [5.41, 5.74) is 0.397. The van der Waals surface area contributed by atoms with Gasteiger partial charge >= 0.3 is 6.03 Å². The number of rotatable bonds is 4. The number of amides is 4. The maximum atomic E-state index is 13.6. The van der Waals surface area contributed by atoms with Gasteiger partial charge < -0.3 is 9.47 Å². The quantitative estimate of drug-likeness (QED) is 0.624. The number of aromatic nitrogens is 1. The Morgan fingerprint density at radius 3 is 2.26 bits per heavy atom. The van der Waals surface area contributed by atoms with Gasteiger partial charge in [-0.25, -0.2) is 4.79 Å². The van der Waals surface area contributed by atoms with Crippen molar-refractivity contribution in [1.29, 1.82) is 0 Å². The molecule has 2 atom stereocenters. The van der Waals surface area contributed by atoms with E-state index in [1.165, 1.54) is 14.1 Å². The summed E-state index contributed by atoms with van der Waals surface area (Å²) in [5.74, 6) is -0.560. The van der Waals surface area contributed by atoms with Crippen LogP contribution in [-0.4, -0.2) is 70.8 Å². The number of barbiturate groups is 1. The van der Waals surface area contributed by atoms with Gasteiger partial charge in [-0.15, -0.1) is 0 Å². The maximum absolute atomic E-state index is 13.6. The molecule has 34 heavy (non-hydrogen) atoms. The average molecular weight is 483 g/mol. The van der Waals surface area contributed by atoms with Gasteiger partial charge in [0.25, 0.3) is 5.56 Å². The van der Waals surface area contributed by atoms with Crippen molar-refractivity contribution in [3.8, 4) is 0 Å². The molecule has 2 fully saturated rings. The highest BCUT2D eigenvalue weighted by Gasteiger charge is 2.56.